The Bertz CT molecular complexity index is 631. The molecule has 0 aliphatic heterocycles. The number of rotatable bonds is 0. The lowest BCUT2D eigenvalue weighted by Crippen LogP contribution is -2.10. The number of benzene rings is 1. The Morgan fingerprint density at radius 3 is 2.11 bits per heavy atom. The van der Waals surface area contributed by atoms with E-state index in [1.165, 1.54) is 0 Å². The zero-order valence-corrected chi connectivity index (χ0v) is 10.5. The van der Waals surface area contributed by atoms with Gasteiger partial charge < -0.3 is 0 Å². The van der Waals surface area contributed by atoms with Crippen LogP contribution in [0.2, 0.25) is 0 Å². The summed E-state index contributed by atoms with van der Waals surface area (Å²) in [6.07, 6.45) is -9.38. The van der Waals surface area contributed by atoms with Gasteiger partial charge in [-0.05, 0) is 18.2 Å². The van der Waals surface area contributed by atoms with Gasteiger partial charge in [-0.25, -0.2) is 4.98 Å². The molecule has 1 aromatic heterocycles. The first-order chi connectivity index (χ1) is 8.60. The Kier molecular flexibility index (Phi) is 3.24. The van der Waals surface area contributed by atoms with Gasteiger partial charge in [-0.2, -0.15) is 26.3 Å². The Labute approximate surface area is 111 Å². The van der Waals surface area contributed by atoms with Crippen LogP contribution in [-0.2, 0) is 12.4 Å². The van der Waals surface area contributed by atoms with E-state index >= 15 is 0 Å². The van der Waals surface area contributed by atoms with Gasteiger partial charge in [0.15, 0.2) is 0 Å². The number of hydrogen-bond acceptors (Lipinski definition) is 1. The van der Waals surface area contributed by atoms with Crippen molar-refractivity contribution in [1.29, 1.82) is 0 Å². The molecule has 0 aliphatic carbocycles. The quantitative estimate of drug-likeness (QED) is 0.611. The summed E-state index contributed by atoms with van der Waals surface area (Å²) in [7, 11) is 0. The standard InChI is InChI=1S/C11H4BrF6N/c12-6-4-8(11(16,17)18)19-7-3-1-2-5(9(6)7)10(13,14)15/h1-4H. The van der Waals surface area contributed by atoms with Crippen LogP contribution in [0.25, 0.3) is 10.9 Å². The fraction of sp³-hybridized carbons (Fsp3) is 0.182. The summed E-state index contributed by atoms with van der Waals surface area (Å²) in [6.45, 7) is 0. The molecule has 0 atom stereocenters. The highest BCUT2D eigenvalue weighted by Crippen LogP contribution is 2.39. The SMILES string of the molecule is FC(F)(F)c1cc(Br)c2c(C(F)(F)F)cccc2n1. The molecule has 8 heteroatoms. The minimum Gasteiger partial charge on any atom is -0.243 e. The molecule has 0 fully saturated rings. The van der Waals surface area contributed by atoms with Crippen molar-refractivity contribution in [3.8, 4) is 0 Å². The summed E-state index contributed by atoms with van der Waals surface area (Å²) < 4.78 is 75.6. The van der Waals surface area contributed by atoms with Crippen molar-refractivity contribution in [3.63, 3.8) is 0 Å². The third-order valence-corrected chi connectivity index (χ3v) is 3.01. The van der Waals surface area contributed by atoms with Crippen LogP contribution in [-0.4, -0.2) is 4.98 Å². The lowest BCUT2D eigenvalue weighted by molar-refractivity contribution is -0.141. The molecule has 19 heavy (non-hydrogen) atoms. The maximum atomic E-state index is 12.8. The fourth-order valence-corrected chi connectivity index (χ4v) is 2.25. The summed E-state index contributed by atoms with van der Waals surface area (Å²) >= 11 is 2.74. The lowest BCUT2D eigenvalue weighted by Gasteiger charge is -2.13. The summed E-state index contributed by atoms with van der Waals surface area (Å²) in [4.78, 5) is 3.23. The maximum Gasteiger partial charge on any atom is 0.433 e. The Balaban J connectivity index is 2.81. The van der Waals surface area contributed by atoms with Gasteiger partial charge in [-0.3, -0.25) is 0 Å². The van der Waals surface area contributed by atoms with Gasteiger partial charge in [0, 0.05) is 9.86 Å². The van der Waals surface area contributed by atoms with E-state index in [0.29, 0.717) is 6.07 Å². The van der Waals surface area contributed by atoms with Gasteiger partial charge >= 0.3 is 12.4 Å². The van der Waals surface area contributed by atoms with E-state index in [1.54, 1.807) is 0 Å². The van der Waals surface area contributed by atoms with Crippen LogP contribution in [0.5, 0.6) is 0 Å². The average molecular weight is 344 g/mol. The van der Waals surface area contributed by atoms with Gasteiger partial charge in [0.1, 0.15) is 5.69 Å². The fourth-order valence-electron chi connectivity index (χ4n) is 1.62. The smallest absolute Gasteiger partial charge is 0.243 e. The Morgan fingerprint density at radius 2 is 1.58 bits per heavy atom. The molecule has 0 unspecified atom stereocenters. The second-order valence-electron chi connectivity index (χ2n) is 3.68. The van der Waals surface area contributed by atoms with Crippen molar-refractivity contribution < 1.29 is 26.3 Å². The van der Waals surface area contributed by atoms with Gasteiger partial charge in [0.05, 0.1) is 11.1 Å². The summed E-state index contributed by atoms with van der Waals surface area (Å²) in [5.74, 6) is 0. The zero-order chi connectivity index (χ0) is 14.4. The maximum absolute atomic E-state index is 12.8. The molecule has 102 valence electrons. The van der Waals surface area contributed by atoms with Crippen molar-refractivity contribution in [2.24, 2.45) is 0 Å². The van der Waals surface area contributed by atoms with E-state index in [0.717, 1.165) is 18.2 Å². The molecular formula is C11H4BrF6N. The minimum atomic E-state index is -4.72. The number of aromatic nitrogens is 1. The molecule has 0 amide bonds. The lowest BCUT2D eigenvalue weighted by atomic mass is 10.1. The Morgan fingerprint density at radius 1 is 0.947 bits per heavy atom. The van der Waals surface area contributed by atoms with E-state index in [4.69, 9.17) is 0 Å². The van der Waals surface area contributed by atoms with Crippen LogP contribution in [0.1, 0.15) is 11.3 Å². The Hall–Kier alpha value is -1.31. The van der Waals surface area contributed by atoms with Crippen molar-refractivity contribution in [2.75, 3.05) is 0 Å². The van der Waals surface area contributed by atoms with Crippen LogP contribution in [0, 0.1) is 0 Å². The monoisotopic (exact) mass is 343 g/mol. The third-order valence-electron chi connectivity index (χ3n) is 2.38. The highest BCUT2D eigenvalue weighted by molar-refractivity contribution is 9.10. The predicted octanol–water partition coefficient (Wildman–Crippen LogP) is 5.03. The van der Waals surface area contributed by atoms with Crippen LogP contribution in [0.4, 0.5) is 26.3 Å². The normalized spacial score (nSPS) is 13.0. The van der Waals surface area contributed by atoms with E-state index < -0.39 is 23.6 Å². The molecule has 0 bridgehead atoms. The second-order valence-corrected chi connectivity index (χ2v) is 4.54. The molecule has 1 heterocycles. The molecular weight excluding hydrogens is 340 g/mol. The molecule has 1 nitrogen and oxygen atoms in total. The van der Waals surface area contributed by atoms with E-state index in [-0.39, 0.29) is 15.4 Å². The van der Waals surface area contributed by atoms with Crippen molar-refractivity contribution in [1.82, 2.24) is 4.98 Å². The molecule has 0 saturated carbocycles. The predicted molar refractivity (Wildman–Crippen MR) is 59.4 cm³/mol. The van der Waals surface area contributed by atoms with Gasteiger partial charge in [-0.15, -0.1) is 0 Å². The van der Waals surface area contributed by atoms with Crippen molar-refractivity contribution in [2.45, 2.75) is 12.4 Å². The first-order valence-corrected chi connectivity index (χ1v) is 5.63. The summed E-state index contributed by atoms with van der Waals surface area (Å²) in [6, 6.07) is 3.45. The molecule has 0 saturated heterocycles. The molecule has 0 N–H and O–H groups in total. The minimum absolute atomic E-state index is 0.294. The van der Waals surface area contributed by atoms with Crippen molar-refractivity contribution >= 4 is 26.8 Å². The van der Waals surface area contributed by atoms with Crippen molar-refractivity contribution in [3.05, 3.63) is 40.0 Å². The molecule has 0 spiro atoms. The summed E-state index contributed by atoms with van der Waals surface area (Å²) in [5.41, 5.74) is -2.64. The molecule has 0 radical (unpaired) electrons. The number of alkyl halides is 6. The van der Waals surface area contributed by atoms with Crippen LogP contribution in [0.3, 0.4) is 0 Å². The highest BCUT2D eigenvalue weighted by atomic mass is 79.9. The number of nitrogens with zero attached hydrogens (tertiary/aromatic N) is 1. The van der Waals surface area contributed by atoms with Crippen LogP contribution in [0.15, 0.2) is 28.7 Å². The zero-order valence-electron chi connectivity index (χ0n) is 8.90. The van der Waals surface area contributed by atoms with Gasteiger partial charge in [0.25, 0.3) is 0 Å². The largest absolute Gasteiger partial charge is 0.433 e. The first kappa shape index (κ1) is 14.1. The first-order valence-electron chi connectivity index (χ1n) is 4.84. The topological polar surface area (TPSA) is 12.9 Å². The number of halogens is 7. The van der Waals surface area contributed by atoms with Crippen LogP contribution < -0.4 is 0 Å². The second kappa shape index (κ2) is 4.36. The van der Waals surface area contributed by atoms with Crippen LogP contribution >= 0.6 is 15.9 Å². The average Bonchev–Trinajstić information content (AvgIpc) is 2.25. The number of pyridine rings is 1. The molecule has 2 aromatic rings. The van der Waals surface area contributed by atoms with E-state index in [2.05, 4.69) is 20.9 Å². The highest BCUT2D eigenvalue weighted by Gasteiger charge is 2.36. The molecule has 1 aromatic carbocycles. The molecule has 0 aliphatic rings. The number of hydrogen-bond donors (Lipinski definition) is 0. The van der Waals surface area contributed by atoms with Gasteiger partial charge in [0.2, 0.25) is 0 Å². The van der Waals surface area contributed by atoms with E-state index in [9.17, 15) is 26.3 Å². The number of fused-ring (bicyclic) bond motifs is 1. The van der Waals surface area contributed by atoms with Gasteiger partial charge in [-0.1, -0.05) is 22.0 Å². The van der Waals surface area contributed by atoms with E-state index in [1.807, 2.05) is 0 Å². The molecule has 2 rings (SSSR count). The summed E-state index contributed by atoms with van der Waals surface area (Å²) in [5, 5.41) is -0.386. The third kappa shape index (κ3) is 2.68.